The van der Waals surface area contributed by atoms with E-state index in [0.29, 0.717) is 5.69 Å². The van der Waals surface area contributed by atoms with Gasteiger partial charge in [0.1, 0.15) is 0 Å². The Kier molecular flexibility index (Phi) is 5.72. The minimum Gasteiger partial charge on any atom is -0.350 e. The van der Waals surface area contributed by atoms with Crippen LogP contribution in [0.2, 0.25) is 0 Å². The molecule has 7 nitrogen and oxygen atoms in total. The van der Waals surface area contributed by atoms with E-state index in [-0.39, 0.29) is 29.5 Å². The summed E-state index contributed by atoms with van der Waals surface area (Å²) >= 11 is 0. The molecule has 0 bridgehead atoms. The molecule has 1 heterocycles. The van der Waals surface area contributed by atoms with Crippen molar-refractivity contribution in [3.8, 4) is 0 Å². The van der Waals surface area contributed by atoms with Gasteiger partial charge >= 0.3 is 6.18 Å². The van der Waals surface area contributed by atoms with Crippen LogP contribution in [-0.2, 0) is 22.7 Å². The van der Waals surface area contributed by atoms with Crippen LogP contribution in [0.3, 0.4) is 0 Å². The molecule has 0 unspecified atom stereocenters. The monoisotopic (exact) mass is 430 g/mol. The van der Waals surface area contributed by atoms with Crippen LogP contribution in [0.4, 0.5) is 13.2 Å². The number of benzene rings is 1. The first-order valence-electron chi connectivity index (χ1n) is 8.96. The second kappa shape index (κ2) is 7.79. The Morgan fingerprint density at radius 3 is 2.38 bits per heavy atom. The molecule has 0 radical (unpaired) electrons. The van der Waals surface area contributed by atoms with Crippen molar-refractivity contribution in [2.24, 2.45) is 0 Å². The normalized spacial score (nSPS) is 15.0. The van der Waals surface area contributed by atoms with Crippen molar-refractivity contribution < 1.29 is 26.4 Å². The zero-order valence-electron chi connectivity index (χ0n) is 15.9. The Morgan fingerprint density at radius 1 is 1.24 bits per heavy atom. The zero-order chi connectivity index (χ0) is 21.4. The zero-order valence-corrected chi connectivity index (χ0v) is 16.7. The van der Waals surface area contributed by atoms with Gasteiger partial charge in [0.25, 0.3) is 5.91 Å². The Labute approximate surface area is 166 Å². The van der Waals surface area contributed by atoms with Gasteiger partial charge in [0.15, 0.2) is 5.69 Å². The topological polar surface area (TPSA) is 84.3 Å². The van der Waals surface area contributed by atoms with Gasteiger partial charge in [0, 0.05) is 37.8 Å². The van der Waals surface area contributed by atoms with E-state index >= 15 is 0 Å². The minimum atomic E-state index is -4.51. The molecule has 0 spiro atoms. The standard InChI is InChI=1S/C18H21F3N4O3S/c1-24(2)29(27,28)14-7-5-13(6-8-14)17(26)22-9-10-25-15(12-3-4-12)11-16(23-25)18(19,20)21/h5-8,11-12H,3-4,9-10H2,1-2H3,(H,22,26). The van der Waals surface area contributed by atoms with E-state index in [1.165, 1.54) is 43.0 Å². The van der Waals surface area contributed by atoms with Crippen LogP contribution in [0.15, 0.2) is 35.2 Å². The molecule has 1 aromatic carbocycles. The van der Waals surface area contributed by atoms with E-state index in [2.05, 4.69) is 10.4 Å². The SMILES string of the molecule is CN(C)S(=O)(=O)c1ccc(C(=O)NCCn2nc(C(F)(F)F)cc2C2CC2)cc1. The second-order valence-corrected chi connectivity index (χ2v) is 9.17. The summed E-state index contributed by atoms with van der Waals surface area (Å²) in [5.41, 5.74) is -0.144. The largest absolute Gasteiger partial charge is 0.435 e. The van der Waals surface area contributed by atoms with Crippen LogP contribution < -0.4 is 5.32 Å². The lowest BCUT2D eigenvalue weighted by molar-refractivity contribution is -0.141. The maximum absolute atomic E-state index is 12.9. The summed E-state index contributed by atoms with van der Waals surface area (Å²) in [7, 11) is -0.775. The van der Waals surface area contributed by atoms with Crippen LogP contribution in [0.25, 0.3) is 0 Å². The maximum Gasteiger partial charge on any atom is 0.435 e. The van der Waals surface area contributed by atoms with Crippen molar-refractivity contribution >= 4 is 15.9 Å². The smallest absolute Gasteiger partial charge is 0.350 e. The molecule has 29 heavy (non-hydrogen) atoms. The Morgan fingerprint density at radius 2 is 1.86 bits per heavy atom. The first kappa shape index (κ1) is 21.3. The van der Waals surface area contributed by atoms with Crippen LogP contribution in [0.1, 0.15) is 40.5 Å². The number of amides is 1. The number of nitrogens with one attached hydrogen (secondary N) is 1. The van der Waals surface area contributed by atoms with Gasteiger partial charge < -0.3 is 5.32 Å². The fraction of sp³-hybridized carbons (Fsp3) is 0.444. The second-order valence-electron chi connectivity index (χ2n) is 7.02. The van der Waals surface area contributed by atoms with Gasteiger partial charge in [-0.25, -0.2) is 12.7 Å². The van der Waals surface area contributed by atoms with Crippen LogP contribution in [0.5, 0.6) is 0 Å². The molecular formula is C18H21F3N4O3S. The summed E-state index contributed by atoms with van der Waals surface area (Å²) in [4.78, 5) is 12.3. The predicted molar refractivity (Wildman–Crippen MR) is 98.9 cm³/mol. The van der Waals surface area contributed by atoms with Crippen molar-refractivity contribution in [3.05, 3.63) is 47.3 Å². The highest BCUT2D eigenvalue weighted by molar-refractivity contribution is 7.89. The summed E-state index contributed by atoms with van der Waals surface area (Å²) in [5, 5.41) is 6.26. The number of nitrogens with zero attached hydrogens (tertiary/aromatic N) is 3. The fourth-order valence-electron chi connectivity index (χ4n) is 2.82. The molecule has 0 aliphatic heterocycles. The lowest BCUT2D eigenvalue weighted by Gasteiger charge is -2.12. The third-order valence-electron chi connectivity index (χ3n) is 4.60. The third-order valence-corrected chi connectivity index (χ3v) is 6.43. The Bertz CT molecular complexity index is 994. The molecule has 1 N–H and O–H groups in total. The van der Waals surface area contributed by atoms with Gasteiger partial charge in [-0.1, -0.05) is 0 Å². The number of carbonyl (C=O) groups is 1. The van der Waals surface area contributed by atoms with Gasteiger partial charge in [-0.05, 0) is 43.2 Å². The molecule has 2 aromatic rings. The highest BCUT2D eigenvalue weighted by Crippen LogP contribution is 2.42. The van der Waals surface area contributed by atoms with Crippen molar-refractivity contribution in [1.29, 1.82) is 0 Å². The van der Waals surface area contributed by atoms with Gasteiger partial charge in [-0.2, -0.15) is 18.3 Å². The number of carbonyl (C=O) groups excluding carboxylic acids is 1. The van der Waals surface area contributed by atoms with Crippen molar-refractivity contribution in [3.63, 3.8) is 0 Å². The van der Waals surface area contributed by atoms with E-state index in [4.69, 9.17) is 0 Å². The quantitative estimate of drug-likeness (QED) is 0.732. The third kappa shape index (κ3) is 4.78. The summed E-state index contributed by atoms with van der Waals surface area (Å²) in [5.74, 6) is -0.365. The lowest BCUT2D eigenvalue weighted by Crippen LogP contribution is -2.28. The lowest BCUT2D eigenvalue weighted by atomic mass is 10.2. The highest BCUT2D eigenvalue weighted by atomic mass is 32.2. The van der Waals surface area contributed by atoms with Crippen molar-refractivity contribution in [2.75, 3.05) is 20.6 Å². The molecule has 158 valence electrons. The maximum atomic E-state index is 12.9. The molecule has 0 saturated heterocycles. The molecule has 0 atom stereocenters. The number of hydrogen-bond acceptors (Lipinski definition) is 4. The van der Waals surface area contributed by atoms with E-state index < -0.39 is 27.8 Å². The Hall–Kier alpha value is -2.40. The highest BCUT2D eigenvalue weighted by Gasteiger charge is 2.37. The first-order valence-corrected chi connectivity index (χ1v) is 10.4. The van der Waals surface area contributed by atoms with Crippen molar-refractivity contribution in [1.82, 2.24) is 19.4 Å². The summed E-state index contributed by atoms with van der Waals surface area (Å²) in [6.45, 7) is 0.204. The van der Waals surface area contributed by atoms with Gasteiger partial charge in [0.05, 0.1) is 11.4 Å². The van der Waals surface area contributed by atoms with E-state index in [9.17, 15) is 26.4 Å². The molecule has 1 aliphatic rings. The van der Waals surface area contributed by atoms with E-state index in [1.54, 1.807) is 0 Å². The molecule has 1 fully saturated rings. The number of hydrogen-bond donors (Lipinski definition) is 1. The average molecular weight is 430 g/mol. The molecule has 3 rings (SSSR count). The molecule has 1 amide bonds. The number of sulfonamides is 1. The number of rotatable bonds is 7. The molecule has 11 heteroatoms. The molecular weight excluding hydrogens is 409 g/mol. The van der Waals surface area contributed by atoms with Gasteiger partial charge in [-0.15, -0.1) is 0 Å². The summed E-state index contributed by atoms with van der Waals surface area (Å²) < 4.78 is 65.2. The first-order chi connectivity index (χ1) is 13.5. The number of alkyl halides is 3. The molecule has 1 aliphatic carbocycles. The number of halogens is 3. The summed E-state index contributed by atoms with van der Waals surface area (Å²) in [6, 6.07) is 6.51. The van der Waals surface area contributed by atoms with Crippen LogP contribution in [0, 0.1) is 0 Å². The van der Waals surface area contributed by atoms with E-state index in [1.807, 2.05) is 0 Å². The van der Waals surface area contributed by atoms with Gasteiger partial charge in [0.2, 0.25) is 10.0 Å². The molecule has 1 saturated carbocycles. The summed E-state index contributed by atoms with van der Waals surface area (Å²) in [6.07, 6.45) is -2.85. The Balaban J connectivity index is 1.63. The molecule has 1 aromatic heterocycles. The average Bonchev–Trinajstić information content (AvgIpc) is 3.40. The van der Waals surface area contributed by atoms with Crippen LogP contribution >= 0.6 is 0 Å². The predicted octanol–water partition coefficient (Wildman–Crippen LogP) is 2.46. The fourth-order valence-corrected chi connectivity index (χ4v) is 3.72. The van der Waals surface area contributed by atoms with Crippen LogP contribution in [-0.4, -0.2) is 49.1 Å². The minimum absolute atomic E-state index is 0.0596. The van der Waals surface area contributed by atoms with Crippen molar-refractivity contribution in [2.45, 2.75) is 36.4 Å². The van der Waals surface area contributed by atoms with E-state index in [0.717, 1.165) is 23.2 Å². The number of aromatic nitrogens is 2. The van der Waals surface area contributed by atoms with Gasteiger partial charge in [-0.3, -0.25) is 9.48 Å².